The largest absolute Gasteiger partial charge is 0.384 e. The van der Waals surface area contributed by atoms with E-state index in [-0.39, 0.29) is 0 Å². The quantitative estimate of drug-likeness (QED) is 0.899. The number of hydrogen-bond acceptors (Lipinski definition) is 4. The van der Waals surface area contributed by atoms with Crippen molar-refractivity contribution in [2.24, 2.45) is 5.92 Å². The van der Waals surface area contributed by atoms with Crippen LogP contribution in [0.25, 0.3) is 0 Å². The van der Waals surface area contributed by atoms with Gasteiger partial charge in [-0.05, 0) is 32.6 Å². The summed E-state index contributed by atoms with van der Waals surface area (Å²) in [5.41, 5.74) is 1.15. The molecule has 108 valence electrons. The Kier molecular flexibility index (Phi) is 4.27. The van der Waals surface area contributed by atoms with Gasteiger partial charge in [-0.1, -0.05) is 0 Å². The summed E-state index contributed by atoms with van der Waals surface area (Å²) in [7, 11) is -1.74. The lowest BCUT2D eigenvalue weighted by atomic mass is 9.99. The fraction of sp³-hybridized carbons (Fsp3) is 0.750. The molecule has 0 amide bonds. The molecule has 0 radical (unpaired) electrons. The number of methoxy groups -OCH3 is 1. The van der Waals surface area contributed by atoms with Gasteiger partial charge in [-0.2, -0.15) is 9.40 Å². The van der Waals surface area contributed by atoms with Gasteiger partial charge in [0.05, 0.1) is 11.4 Å². The van der Waals surface area contributed by atoms with Crippen LogP contribution in [-0.2, 0) is 14.8 Å². The number of piperidine rings is 1. The van der Waals surface area contributed by atoms with Crippen LogP contribution in [-0.4, -0.2) is 49.7 Å². The number of aryl methyl sites for hydroxylation is 2. The predicted octanol–water partition coefficient (Wildman–Crippen LogP) is 1.07. The summed E-state index contributed by atoms with van der Waals surface area (Å²) in [4.78, 5) is 0.331. The van der Waals surface area contributed by atoms with Crippen LogP contribution in [0.3, 0.4) is 0 Å². The van der Waals surface area contributed by atoms with Crippen molar-refractivity contribution >= 4 is 10.0 Å². The Balaban J connectivity index is 2.15. The Morgan fingerprint density at radius 2 is 2.00 bits per heavy atom. The van der Waals surface area contributed by atoms with E-state index in [9.17, 15) is 8.42 Å². The molecule has 0 spiro atoms. The number of aromatic amines is 1. The molecule has 1 N–H and O–H groups in total. The zero-order chi connectivity index (χ0) is 14.0. The summed E-state index contributed by atoms with van der Waals surface area (Å²) < 4.78 is 31.9. The summed E-state index contributed by atoms with van der Waals surface area (Å²) in [6.07, 6.45) is 1.70. The Labute approximate surface area is 114 Å². The van der Waals surface area contributed by atoms with Crippen molar-refractivity contribution in [2.45, 2.75) is 31.6 Å². The first-order valence-electron chi connectivity index (χ1n) is 6.47. The number of nitrogens with one attached hydrogen (secondary N) is 1. The molecule has 7 heteroatoms. The molecule has 0 saturated carbocycles. The van der Waals surface area contributed by atoms with Crippen molar-refractivity contribution in [3.8, 4) is 0 Å². The van der Waals surface area contributed by atoms with Gasteiger partial charge in [-0.3, -0.25) is 5.10 Å². The maximum absolute atomic E-state index is 12.6. The molecule has 1 aliphatic rings. The molecule has 1 aliphatic heterocycles. The fourth-order valence-corrected chi connectivity index (χ4v) is 4.40. The zero-order valence-corrected chi connectivity index (χ0v) is 12.5. The highest BCUT2D eigenvalue weighted by atomic mass is 32.2. The van der Waals surface area contributed by atoms with Crippen molar-refractivity contribution in [2.75, 3.05) is 26.8 Å². The standard InChI is InChI=1S/C12H21N3O3S/c1-9-12(10(2)14-13-9)19(16,17)15-6-4-11(5-7-15)8-18-3/h11H,4-8H2,1-3H3,(H,13,14). The summed E-state index contributed by atoms with van der Waals surface area (Å²) in [6.45, 7) is 5.27. The van der Waals surface area contributed by atoms with E-state index in [4.69, 9.17) is 4.74 Å². The monoisotopic (exact) mass is 287 g/mol. The fourth-order valence-electron chi connectivity index (χ4n) is 2.60. The molecular weight excluding hydrogens is 266 g/mol. The van der Waals surface area contributed by atoms with Gasteiger partial charge in [-0.15, -0.1) is 0 Å². The van der Waals surface area contributed by atoms with Crippen LogP contribution in [0.5, 0.6) is 0 Å². The second-order valence-corrected chi connectivity index (χ2v) is 6.94. The molecular formula is C12H21N3O3S. The first-order chi connectivity index (χ1) is 8.96. The highest BCUT2D eigenvalue weighted by Crippen LogP contribution is 2.26. The van der Waals surface area contributed by atoms with E-state index in [1.165, 1.54) is 0 Å². The SMILES string of the molecule is COCC1CCN(S(=O)(=O)c2c(C)n[nH]c2C)CC1. The number of ether oxygens (including phenoxy) is 1. The molecule has 19 heavy (non-hydrogen) atoms. The van der Waals surface area contributed by atoms with Gasteiger partial charge >= 0.3 is 0 Å². The molecule has 1 saturated heterocycles. The van der Waals surface area contributed by atoms with Crippen LogP contribution < -0.4 is 0 Å². The van der Waals surface area contributed by atoms with Crippen LogP contribution in [0.1, 0.15) is 24.2 Å². The lowest BCUT2D eigenvalue weighted by molar-refractivity contribution is 0.121. The summed E-state index contributed by atoms with van der Waals surface area (Å²) in [6, 6.07) is 0. The minimum Gasteiger partial charge on any atom is -0.384 e. The van der Waals surface area contributed by atoms with Crippen LogP contribution in [0.4, 0.5) is 0 Å². The van der Waals surface area contributed by atoms with E-state index in [2.05, 4.69) is 10.2 Å². The van der Waals surface area contributed by atoms with Crippen molar-refractivity contribution in [3.63, 3.8) is 0 Å². The lowest BCUT2D eigenvalue weighted by Gasteiger charge is -2.30. The smallest absolute Gasteiger partial charge is 0.246 e. The van der Waals surface area contributed by atoms with E-state index in [1.807, 2.05) is 0 Å². The van der Waals surface area contributed by atoms with E-state index in [1.54, 1.807) is 25.3 Å². The van der Waals surface area contributed by atoms with E-state index >= 15 is 0 Å². The minimum absolute atomic E-state index is 0.331. The Morgan fingerprint density at radius 1 is 1.37 bits per heavy atom. The number of nitrogens with zero attached hydrogens (tertiary/aromatic N) is 2. The highest BCUT2D eigenvalue weighted by molar-refractivity contribution is 7.89. The molecule has 2 heterocycles. The van der Waals surface area contributed by atoms with Gasteiger partial charge in [-0.25, -0.2) is 8.42 Å². The molecule has 0 atom stereocenters. The van der Waals surface area contributed by atoms with Crippen molar-refractivity contribution < 1.29 is 13.2 Å². The maximum Gasteiger partial charge on any atom is 0.246 e. The summed E-state index contributed by atoms with van der Waals surface area (Å²) in [5, 5.41) is 6.71. The zero-order valence-electron chi connectivity index (χ0n) is 11.6. The summed E-state index contributed by atoms with van der Waals surface area (Å²) in [5.74, 6) is 0.461. The van der Waals surface area contributed by atoms with E-state index in [0.717, 1.165) is 12.8 Å². The van der Waals surface area contributed by atoms with Crippen LogP contribution >= 0.6 is 0 Å². The normalized spacial score (nSPS) is 18.9. The lowest BCUT2D eigenvalue weighted by Crippen LogP contribution is -2.39. The third kappa shape index (κ3) is 2.82. The molecule has 0 aliphatic carbocycles. The van der Waals surface area contributed by atoms with Gasteiger partial charge in [0.2, 0.25) is 10.0 Å². The third-order valence-electron chi connectivity index (χ3n) is 3.63. The molecule has 6 nitrogen and oxygen atoms in total. The van der Waals surface area contributed by atoms with Crippen LogP contribution in [0, 0.1) is 19.8 Å². The molecule has 0 aromatic carbocycles. The second kappa shape index (κ2) is 5.60. The Morgan fingerprint density at radius 3 is 2.47 bits per heavy atom. The average Bonchev–Trinajstić information content (AvgIpc) is 2.70. The Hall–Kier alpha value is -0.920. The molecule has 1 aromatic heterocycles. The number of aromatic nitrogens is 2. The number of rotatable bonds is 4. The van der Waals surface area contributed by atoms with Crippen molar-refractivity contribution in [1.29, 1.82) is 0 Å². The number of hydrogen-bond donors (Lipinski definition) is 1. The van der Waals surface area contributed by atoms with Gasteiger partial charge in [0.15, 0.2) is 0 Å². The van der Waals surface area contributed by atoms with Gasteiger partial charge in [0, 0.05) is 26.8 Å². The Bertz CT molecular complexity index is 511. The molecule has 2 rings (SSSR count). The van der Waals surface area contributed by atoms with Crippen LogP contribution in [0.15, 0.2) is 4.90 Å². The van der Waals surface area contributed by atoms with E-state index in [0.29, 0.717) is 41.9 Å². The number of sulfonamides is 1. The van der Waals surface area contributed by atoms with Crippen LogP contribution in [0.2, 0.25) is 0 Å². The topological polar surface area (TPSA) is 75.3 Å². The minimum atomic E-state index is -3.42. The predicted molar refractivity (Wildman–Crippen MR) is 71.4 cm³/mol. The molecule has 1 fully saturated rings. The van der Waals surface area contributed by atoms with E-state index < -0.39 is 10.0 Å². The van der Waals surface area contributed by atoms with Gasteiger partial charge in [0.25, 0.3) is 0 Å². The molecule has 0 unspecified atom stereocenters. The molecule has 0 bridgehead atoms. The first-order valence-corrected chi connectivity index (χ1v) is 7.91. The molecule has 1 aromatic rings. The van der Waals surface area contributed by atoms with Gasteiger partial charge < -0.3 is 4.74 Å². The maximum atomic E-state index is 12.6. The van der Waals surface area contributed by atoms with Gasteiger partial charge in [0.1, 0.15) is 4.90 Å². The van der Waals surface area contributed by atoms with Crippen molar-refractivity contribution in [3.05, 3.63) is 11.4 Å². The first kappa shape index (κ1) is 14.5. The average molecular weight is 287 g/mol. The second-order valence-electron chi connectivity index (χ2n) is 5.07. The summed E-state index contributed by atoms with van der Waals surface area (Å²) >= 11 is 0. The third-order valence-corrected chi connectivity index (χ3v) is 5.80. The number of H-pyrrole nitrogens is 1. The van der Waals surface area contributed by atoms with Crippen molar-refractivity contribution in [1.82, 2.24) is 14.5 Å². The highest BCUT2D eigenvalue weighted by Gasteiger charge is 2.32.